The zero-order chi connectivity index (χ0) is 11.7. The van der Waals surface area contributed by atoms with E-state index < -0.39 is 0 Å². The Morgan fingerprint density at radius 3 is 2.56 bits per heavy atom. The normalized spacial score (nSPS) is 28.4. The molecule has 0 aromatic rings. The van der Waals surface area contributed by atoms with E-state index in [1.165, 1.54) is 20.0 Å². The number of likely N-dealkylation sites (tertiary alicyclic amines) is 1. The predicted octanol–water partition coefficient (Wildman–Crippen LogP) is 0.574. The Hall–Kier alpha value is -0.610. The molecule has 92 valence electrons. The van der Waals surface area contributed by atoms with E-state index in [-0.39, 0.29) is 12.0 Å². The minimum Gasteiger partial charge on any atom is -0.468 e. The summed E-state index contributed by atoms with van der Waals surface area (Å²) in [5.41, 5.74) is 0. The summed E-state index contributed by atoms with van der Waals surface area (Å²) >= 11 is 0. The number of carbonyl (C=O) groups excluding carboxylic acids is 1. The van der Waals surface area contributed by atoms with Crippen LogP contribution in [-0.4, -0.2) is 62.1 Å². The Labute approximate surface area is 97.5 Å². The Morgan fingerprint density at radius 2 is 2.12 bits per heavy atom. The Kier molecular flexibility index (Phi) is 3.50. The van der Waals surface area contributed by atoms with Crippen LogP contribution in [0.4, 0.5) is 0 Å². The van der Waals surface area contributed by atoms with E-state index in [1.807, 2.05) is 0 Å². The van der Waals surface area contributed by atoms with Crippen molar-refractivity contribution in [1.82, 2.24) is 9.80 Å². The van der Waals surface area contributed by atoms with Crippen molar-refractivity contribution in [1.29, 1.82) is 0 Å². The molecule has 1 heterocycles. The highest BCUT2D eigenvalue weighted by Gasteiger charge is 2.41. The summed E-state index contributed by atoms with van der Waals surface area (Å²) < 4.78 is 4.96. The topological polar surface area (TPSA) is 32.8 Å². The first-order valence-electron chi connectivity index (χ1n) is 6.11. The molecule has 0 amide bonds. The van der Waals surface area contributed by atoms with Crippen LogP contribution >= 0.6 is 0 Å². The Morgan fingerprint density at radius 1 is 1.44 bits per heavy atom. The first-order valence-corrected chi connectivity index (χ1v) is 6.11. The van der Waals surface area contributed by atoms with Crippen LogP contribution in [-0.2, 0) is 9.53 Å². The summed E-state index contributed by atoms with van der Waals surface area (Å²) in [5, 5.41) is 0. The molecular formula is C12H22N2O2. The largest absolute Gasteiger partial charge is 0.468 e. The molecule has 4 nitrogen and oxygen atoms in total. The fraction of sp³-hybridized carbons (Fsp3) is 0.917. The Bertz CT molecular complexity index is 266. The molecule has 0 radical (unpaired) electrons. The minimum atomic E-state index is -0.0605. The number of rotatable bonds is 4. The first kappa shape index (κ1) is 11.9. The lowest BCUT2D eigenvalue weighted by Gasteiger charge is -2.30. The summed E-state index contributed by atoms with van der Waals surface area (Å²) in [6.45, 7) is 2.10. The van der Waals surface area contributed by atoms with Crippen molar-refractivity contribution < 1.29 is 9.53 Å². The van der Waals surface area contributed by atoms with Gasteiger partial charge in [0.05, 0.1) is 7.11 Å². The lowest BCUT2D eigenvalue weighted by Crippen LogP contribution is -2.46. The van der Waals surface area contributed by atoms with E-state index in [1.54, 1.807) is 0 Å². The van der Waals surface area contributed by atoms with Crippen molar-refractivity contribution in [2.75, 3.05) is 34.3 Å². The number of nitrogens with zero attached hydrogens (tertiary/aromatic N) is 2. The van der Waals surface area contributed by atoms with Crippen molar-refractivity contribution in [2.45, 2.75) is 31.3 Å². The van der Waals surface area contributed by atoms with Crippen LogP contribution in [0, 0.1) is 5.92 Å². The standard InChI is InChI=1S/C12H22N2O2/c1-13-7-6-9(8-13)11(12(15)16-3)14(2)10-4-5-10/h9-11H,4-8H2,1-3H3. The zero-order valence-electron chi connectivity index (χ0n) is 10.5. The Balaban J connectivity index is 2.04. The van der Waals surface area contributed by atoms with Gasteiger partial charge in [-0.15, -0.1) is 0 Å². The monoisotopic (exact) mass is 226 g/mol. The van der Waals surface area contributed by atoms with Crippen molar-refractivity contribution in [3.63, 3.8) is 0 Å². The van der Waals surface area contributed by atoms with Crippen LogP contribution in [0.5, 0.6) is 0 Å². The van der Waals surface area contributed by atoms with Gasteiger partial charge in [0, 0.05) is 12.6 Å². The molecule has 2 rings (SSSR count). The van der Waals surface area contributed by atoms with Crippen LogP contribution in [0.1, 0.15) is 19.3 Å². The van der Waals surface area contributed by atoms with Gasteiger partial charge in [-0.3, -0.25) is 9.69 Å². The molecular weight excluding hydrogens is 204 g/mol. The average Bonchev–Trinajstić information content (AvgIpc) is 3.03. The fourth-order valence-electron chi connectivity index (χ4n) is 2.75. The molecule has 0 aromatic carbocycles. The lowest BCUT2D eigenvalue weighted by atomic mass is 9.97. The quantitative estimate of drug-likeness (QED) is 0.656. The number of hydrogen-bond acceptors (Lipinski definition) is 4. The molecule has 0 spiro atoms. The van der Waals surface area contributed by atoms with Crippen LogP contribution in [0.3, 0.4) is 0 Å². The third kappa shape index (κ3) is 2.38. The van der Waals surface area contributed by atoms with Gasteiger partial charge < -0.3 is 9.64 Å². The average molecular weight is 226 g/mol. The third-order valence-corrected chi connectivity index (χ3v) is 3.88. The number of methoxy groups -OCH3 is 1. The van der Waals surface area contributed by atoms with Gasteiger partial charge in [0.15, 0.2) is 0 Å². The molecule has 0 aromatic heterocycles. The fourth-order valence-corrected chi connectivity index (χ4v) is 2.75. The van der Waals surface area contributed by atoms with E-state index in [4.69, 9.17) is 4.74 Å². The molecule has 1 saturated carbocycles. The number of likely N-dealkylation sites (N-methyl/N-ethyl adjacent to an activating group) is 1. The highest BCUT2D eigenvalue weighted by molar-refractivity contribution is 5.76. The number of hydrogen-bond donors (Lipinski definition) is 0. The molecule has 16 heavy (non-hydrogen) atoms. The number of esters is 1. The van der Waals surface area contributed by atoms with Gasteiger partial charge in [-0.1, -0.05) is 0 Å². The molecule has 0 bridgehead atoms. The van der Waals surface area contributed by atoms with Gasteiger partial charge >= 0.3 is 5.97 Å². The van der Waals surface area contributed by atoms with E-state index in [0.717, 1.165) is 19.5 Å². The lowest BCUT2D eigenvalue weighted by molar-refractivity contribution is -0.148. The highest BCUT2D eigenvalue weighted by atomic mass is 16.5. The minimum absolute atomic E-state index is 0.0394. The van der Waals surface area contributed by atoms with Crippen LogP contribution in [0.25, 0.3) is 0 Å². The molecule has 2 fully saturated rings. The van der Waals surface area contributed by atoms with Crippen LogP contribution < -0.4 is 0 Å². The van der Waals surface area contributed by atoms with Crippen LogP contribution in [0.15, 0.2) is 0 Å². The summed E-state index contributed by atoms with van der Waals surface area (Å²) in [6, 6.07) is 0.567. The molecule has 1 aliphatic carbocycles. The second-order valence-electron chi connectivity index (χ2n) is 5.18. The SMILES string of the molecule is COC(=O)C(C1CCN(C)C1)N(C)C1CC1. The zero-order valence-corrected chi connectivity index (χ0v) is 10.5. The summed E-state index contributed by atoms with van der Waals surface area (Å²) in [6.07, 6.45) is 3.56. The molecule has 2 atom stereocenters. The number of ether oxygens (including phenoxy) is 1. The van der Waals surface area contributed by atoms with Gasteiger partial charge in [-0.25, -0.2) is 0 Å². The van der Waals surface area contributed by atoms with Crippen molar-refractivity contribution in [3.05, 3.63) is 0 Å². The second-order valence-corrected chi connectivity index (χ2v) is 5.18. The van der Waals surface area contributed by atoms with E-state index in [0.29, 0.717) is 12.0 Å². The highest BCUT2D eigenvalue weighted by Crippen LogP contribution is 2.32. The molecule has 2 aliphatic rings. The van der Waals surface area contributed by atoms with E-state index in [2.05, 4.69) is 23.9 Å². The number of carbonyl (C=O) groups is 1. The first-order chi connectivity index (χ1) is 7.63. The van der Waals surface area contributed by atoms with Gasteiger partial charge in [0.1, 0.15) is 6.04 Å². The van der Waals surface area contributed by atoms with Gasteiger partial charge in [0.25, 0.3) is 0 Å². The van der Waals surface area contributed by atoms with Crippen molar-refractivity contribution in [3.8, 4) is 0 Å². The summed E-state index contributed by atoms with van der Waals surface area (Å²) in [4.78, 5) is 16.4. The van der Waals surface area contributed by atoms with Crippen molar-refractivity contribution in [2.24, 2.45) is 5.92 Å². The molecule has 4 heteroatoms. The summed E-state index contributed by atoms with van der Waals surface area (Å²) in [7, 11) is 5.68. The van der Waals surface area contributed by atoms with E-state index >= 15 is 0 Å². The van der Waals surface area contributed by atoms with Gasteiger partial charge in [0.2, 0.25) is 0 Å². The molecule has 1 saturated heterocycles. The van der Waals surface area contributed by atoms with Crippen molar-refractivity contribution >= 4 is 5.97 Å². The maximum absolute atomic E-state index is 11.9. The molecule has 0 N–H and O–H groups in total. The third-order valence-electron chi connectivity index (χ3n) is 3.88. The van der Waals surface area contributed by atoms with Gasteiger partial charge in [-0.2, -0.15) is 0 Å². The van der Waals surface area contributed by atoms with Crippen LogP contribution in [0.2, 0.25) is 0 Å². The maximum atomic E-state index is 11.9. The van der Waals surface area contributed by atoms with Gasteiger partial charge in [-0.05, 0) is 45.8 Å². The van der Waals surface area contributed by atoms with E-state index in [9.17, 15) is 4.79 Å². The second kappa shape index (κ2) is 4.72. The summed E-state index contributed by atoms with van der Waals surface area (Å²) in [5.74, 6) is 0.373. The molecule has 2 unspecified atom stereocenters. The molecule has 1 aliphatic heterocycles. The smallest absolute Gasteiger partial charge is 0.323 e. The predicted molar refractivity (Wildman–Crippen MR) is 62.2 cm³/mol. The maximum Gasteiger partial charge on any atom is 0.323 e.